The molecule has 0 spiro atoms. The second kappa shape index (κ2) is 6.94. The lowest BCUT2D eigenvalue weighted by Gasteiger charge is -2.34. The number of carbonyl (C=O) groups excluding carboxylic acids is 2. The Labute approximate surface area is 154 Å². The second-order valence-electron chi connectivity index (χ2n) is 7.44. The fourth-order valence-electron chi connectivity index (χ4n) is 4.29. The average Bonchev–Trinajstić information content (AvgIpc) is 2.97. The normalized spacial score (nSPS) is 20.0. The lowest BCUT2D eigenvalue weighted by atomic mass is 9.80. The summed E-state index contributed by atoms with van der Waals surface area (Å²) in [5, 5.41) is 3.00. The smallest absolute Gasteiger partial charge is 0.232 e. The van der Waals surface area contributed by atoms with Gasteiger partial charge in [0, 0.05) is 18.8 Å². The maximum absolute atomic E-state index is 12.6. The number of amides is 2. The fourth-order valence-corrected chi connectivity index (χ4v) is 4.29. The molecule has 1 unspecified atom stereocenters. The molecular weight excluding hydrogens is 324 g/mol. The molecule has 0 saturated carbocycles. The van der Waals surface area contributed by atoms with Gasteiger partial charge in [0.15, 0.2) is 0 Å². The second-order valence-corrected chi connectivity index (χ2v) is 7.44. The van der Waals surface area contributed by atoms with Crippen molar-refractivity contribution < 1.29 is 9.59 Å². The number of nitrogens with zero attached hydrogens (tertiary/aromatic N) is 1. The Hall–Kier alpha value is -2.62. The molecule has 0 radical (unpaired) electrons. The lowest BCUT2D eigenvalue weighted by Crippen LogP contribution is -2.41. The Kier molecular flexibility index (Phi) is 4.49. The Bertz CT molecular complexity index is 838. The molecule has 1 atom stereocenters. The van der Waals surface area contributed by atoms with E-state index in [0.717, 1.165) is 42.7 Å². The molecular formula is C22H24N2O2. The van der Waals surface area contributed by atoms with Crippen LogP contribution in [0.25, 0.3) is 0 Å². The van der Waals surface area contributed by atoms with E-state index in [1.165, 1.54) is 5.56 Å². The van der Waals surface area contributed by atoms with Crippen LogP contribution in [0.3, 0.4) is 0 Å². The van der Waals surface area contributed by atoms with Gasteiger partial charge in [-0.15, -0.1) is 0 Å². The first kappa shape index (κ1) is 16.8. The highest BCUT2D eigenvalue weighted by molar-refractivity contribution is 6.03. The molecule has 2 aliphatic heterocycles. The van der Waals surface area contributed by atoms with Crippen LogP contribution in [0.2, 0.25) is 0 Å². The zero-order chi connectivity index (χ0) is 18.1. The monoisotopic (exact) mass is 348 g/mol. The molecule has 1 N–H and O–H groups in total. The van der Waals surface area contributed by atoms with E-state index < -0.39 is 0 Å². The Morgan fingerprint density at radius 2 is 1.88 bits per heavy atom. The molecule has 4 heteroatoms. The third kappa shape index (κ3) is 3.24. The number of fused-ring (bicyclic) bond motifs is 1. The highest BCUT2D eigenvalue weighted by Gasteiger charge is 2.38. The van der Waals surface area contributed by atoms with Gasteiger partial charge in [-0.1, -0.05) is 48.0 Å². The summed E-state index contributed by atoms with van der Waals surface area (Å²) < 4.78 is 0. The summed E-state index contributed by atoms with van der Waals surface area (Å²) in [6, 6.07) is 16.1. The minimum atomic E-state index is -0.0692. The Balaban J connectivity index is 1.38. The summed E-state index contributed by atoms with van der Waals surface area (Å²) >= 11 is 0. The van der Waals surface area contributed by atoms with Crippen molar-refractivity contribution in [3.05, 3.63) is 65.2 Å². The van der Waals surface area contributed by atoms with Crippen LogP contribution in [0.15, 0.2) is 48.5 Å². The molecule has 2 aliphatic rings. The average molecular weight is 348 g/mol. The molecule has 4 rings (SSSR count). The molecule has 2 amide bonds. The predicted molar refractivity (Wildman–Crippen MR) is 102 cm³/mol. The van der Waals surface area contributed by atoms with Gasteiger partial charge in [0.05, 0.1) is 12.3 Å². The van der Waals surface area contributed by atoms with E-state index in [1.807, 2.05) is 54.3 Å². The van der Waals surface area contributed by atoms with Crippen LogP contribution in [0.1, 0.15) is 35.4 Å². The first-order valence-corrected chi connectivity index (χ1v) is 9.35. The third-order valence-electron chi connectivity index (χ3n) is 5.64. The predicted octanol–water partition coefficient (Wildman–Crippen LogP) is 3.51. The number of anilines is 1. The zero-order valence-electron chi connectivity index (χ0n) is 15.1. The maximum atomic E-state index is 12.6. The van der Waals surface area contributed by atoms with E-state index in [1.54, 1.807) is 0 Å². The van der Waals surface area contributed by atoms with Gasteiger partial charge < -0.3 is 10.2 Å². The zero-order valence-corrected chi connectivity index (χ0v) is 15.1. The summed E-state index contributed by atoms with van der Waals surface area (Å²) in [4.78, 5) is 27.0. The molecule has 4 nitrogen and oxygen atoms in total. The number of hydrogen-bond acceptors (Lipinski definition) is 2. The van der Waals surface area contributed by atoms with Crippen molar-refractivity contribution in [2.24, 2.45) is 5.92 Å². The van der Waals surface area contributed by atoms with Gasteiger partial charge in [-0.3, -0.25) is 9.59 Å². The standard InChI is InChI=1S/C22H24N2O2/c1-15-5-4-6-16(13-15)14-20(25)24-11-9-17(10-12-24)21-18-7-2-3-8-19(18)23-22(21)26/h2-8,13,17,21H,9-12,14H2,1H3,(H,23,26). The van der Waals surface area contributed by atoms with Gasteiger partial charge in [-0.25, -0.2) is 0 Å². The van der Waals surface area contributed by atoms with E-state index >= 15 is 0 Å². The summed E-state index contributed by atoms with van der Waals surface area (Å²) in [5.74, 6) is 0.531. The van der Waals surface area contributed by atoms with Crippen molar-refractivity contribution >= 4 is 17.5 Å². The molecule has 2 aromatic carbocycles. The van der Waals surface area contributed by atoms with E-state index in [2.05, 4.69) is 11.4 Å². The van der Waals surface area contributed by atoms with Crippen LogP contribution < -0.4 is 5.32 Å². The maximum Gasteiger partial charge on any atom is 0.232 e. The summed E-state index contributed by atoms with van der Waals surface area (Å²) in [6.07, 6.45) is 2.22. The van der Waals surface area contributed by atoms with Crippen molar-refractivity contribution in [2.45, 2.75) is 32.1 Å². The van der Waals surface area contributed by atoms with E-state index in [-0.39, 0.29) is 17.7 Å². The summed E-state index contributed by atoms with van der Waals surface area (Å²) in [7, 11) is 0. The molecule has 134 valence electrons. The van der Waals surface area contributed by atoms with Gasteiger partial charge in [0.2, 0.25) is 11.8 Å². The van der Waals surface area contributed by atoms with E-state index in [0.29, 0.717) is 12.3 Å². The molecule has 2 heterocycles. The molecule has 2 aromatic rings. The van der Waals surface area contributed by atoms with Crippen molar-refractivity contribution in [2.75, 3.05) is 18.4 Å². The number of benzene rings is 2. The largest absolute Gasteiger partial charge is 0.342 e. The highest BCUT2D eigenvalue weighted by atomic mass is 16.2. The van der Waals surface area contributed by atoms with Gasteiger partial charge in [-0.2, -0.15) is 0 Å². The number of para-hydroxylation sites is 1. The number of likely N-dealkylation sites (tertiary alicyclic amines) is 1. The summed E-state index contributed by atoms with van der Waals surface area (Å²) in [6.45, 7) is 3.52. The van der Waals surface area contributed by atoms with E-state index in [4.69, 9.17) is 0 Å². The number of nitrogens with one attached hydrogen (secondary N) is 1. The van der Waals surface area contributed by atoms with E-state index in [9.17, 15) is 9.59 Å². The number of piperidine rings is 1. The molecule has 1 saturated heterocycles. The van der Waals surface area contributed by atoms with Crippen LogP contribution in [0.5, 0.6) is 0 Å². The molecule has 0 aromatic heterocycles. The number of rotatable bonds is 3. The lowest BCUT2D eigenvalue weighted by molar-refractivity contribution is -0.132. The number of aryl methyl sites for hydroxylation is 1. The minimum Gasteiger partial charge on any atom is -0.342 e. The molecule has 1 fully saturated rings. The Morgan fingerprint density at radius 1 is 1.12 bits per heavy atom. The van der Waals surface area contributed by atoms with Crippen molar-refractivity contribution in [3.63, 3.8) is 0 Å². The minimum absolute atomic E-state index is 0.0692. The number of hydrogen-bond donors (Lipinski definition) is 1. The van der Waals surface area contributed by atoms with Gasteiger partial charge >= 0.3 is 0 Å². The van der Waals surface area contributed by atoms with Crippen LogP contribution in [0, 0.1) is 12.8 Å². The topological polar surface area (TPSA) is 49.4 Å². The fraction of sp³-hybridized carbons (Fsp3) is 0.364. The first-order valence-electron chi connectivity index (χ1n) is 9.35. The third-order valence-corrected chi connectivity index (χ3v) is 5.64. The number of carbonyl (C=O) groups is 2. The quantitative estimate of drug-likeness (QED) is 0.923. The van der Waals surface area contributed by atoms with Crippen LogP contribution >= 0.6 is 0 Å². The van der Waals surface area contributed by atoms with Crippen LogP contribution in [0.4, 0.5) is 5.69 Å². The molecule has 26 heavy (non-hydrogen) atoms. The van der Waals surface area contributed by atoms with Crippen LogP contribution in [-0.4, -0.2) is 29.8 Å². The SMILES string of the molecule is Cc1cccc(CC(=O)N2CCC(C3C(=O)Nc4ccccc43)CC2)c1. The van der Waals surface area contributed by atoms with Crippen molar-refractivity contribution in [1.29, 1.82) is 0 Å². The van der Waals surface area contributed by atoms with Crippen molar-refractivity contribution in [3.8, 4) is 0 Å². The van der Waals surface area contributed by atoms with Gasteiger partial charge in [0.25, 0.3) is 0 Å². The van der Waals surface area contributed by atoms with Gasteiger partial charge in [0.1, 0.15) is 0 Å². The first-order chi connectivity index (χ1) is 12.6. The highest BCUT2D eigenvalue weighted by Crippen LogP contribution is 2.41. The van der Waals surface area contributed by atoms with Gasteiger partial charge in [-0.05, 0) is 42.9 Å². The summed E-state index contributed by atoms with van der Waals surface area (Å²) in [5.41, 5.74) is 4.31. The van der Waals surface area contributed by atoms with Crippen molar-refractivity contribution in [1.82, 2.24) is 4.90 Å². The molecule has 0 aliphatic carbocycles. The molecule has 0 bridgehead atoms. The Morgan fingerprint density at radius 3 is 2.65 bits per heavy atom. The van der Waals surface area contributed by atoms with Crippen LogP contribution in [-0.2, 0) is 16.0 Å².